The highest BCUT2D eigenvalue weighted by Crippen LogP contribution is 2.37. The van der Waals surface area contributed by atoms with Crippen LogP contribution >= 0.6 is 11.3 Å². The fraction of sp³-hybridized carbons (Fsp3) is 0.310. The maximum Gasteiger partial charge on any atom is 0.316 e. The number of ether oxygens (including phenoxy) is 2. The van der Waals surface area contributed by atoms with Crippen molar-refractivity contribution in [2.45, 2.75) is 31.6 Å². The minimum absolute atomic E-state index is 0.0884. The Morgan fingerprint density at radius 2 is 1.69 bits per heavy atom. The molecule has 0 atom stereocenters. The van der Waals surface area contributed by atoms with Gasteiger partial charge >= 0.3 is 5.97 Å². The number of carbonyl (C=O) groups is 1. The van der Waals surface area contributed by atoms with Gasteiger partial charge in [-0.25, -0.2) is 4.98 Å². The first-order valence-electron chi connectivity index (χ1n) is 12.2. The number of nitrogens with zero attached hydrogens (tertiary/aromatic N) is 2. The third-order valence-corrected chi connectivity index (χ3v) is 7.74. The van der Waals surface area contributed by atoms with Crippen molar-refractivity contribution in [1.29, 1.82) is 0 Å². The molecule has 1 aliphatic rings. The molecule has 6 heteroatoms. The Bertz CT molecular complexity index is 1230. The van der Waals surface area contributed by atoms with Gasteiger partial charge in [-0.05, 0) is 74.7 Å². The van der Waals surface area contributed by atoms with E-state index in [0.717, 1.165) is 60.4 Å². The number of rotatable bonds is 8. The standard InChI is InChI=1S/C29H30N2O3S/c1-2-33-27(32)29(23-8-4-3-5-9-23)17-20-31(21-18-29)19-16-22-12-14-24(15-13-22)34-28-30-25-10-6-7-11-26(25)35-28/h3-15H,2,16-21H2,1H3. The molecule has 0 unspecified atom stereocenters. The van der Waals surface area contributed by atoms with Gasteiger partial charge in [0, 0.05) is 6.54 Å². The molecule has 4 aromatic rings. The molecule has 0 radical (unpaired) electrons. The van der Waals surface area contributed by atoms with Crippen LogP contribution in [0.2, 0.25) is 0 Å². The van der Waals surface area contributed by atoms with Crippen LogP contribution in [0.15, 0.2) is 78.9 Å². The van der Waals surface area contributed by atoms with Crippen molar-refractivity contribution in [2.24, 2.45) is 0 Å². The van der Waals surface area contributed by atoms with Crippen LogP contribution in [0.3, 0.4) is 0 Å². The van der Waals surface area contributed by atoms with Crippen molar-refractivity contribution in [3.8, 4) is 10.9 Å². The van der Waals surface area contributed by atoms with E-state index in [2.05, 4.69) is 40.2 Å². The first-order chi connectivity index (χ1) is 17.2. The second kappa shape index (κ2) is 10.6. The molecule has 1 aliphatic heterocycles. The largest absolute Gasteiger partial charge is 0.465 e. The van der Waals surface area contributed by atoms with E-state index in [1.54, 1.807) is 11.3 Å². The van der Waals surface area contributed by atoms with Gasteiger partial charge in [0.15, 0.2) is 0 Å². The Kier molecular flexibility index (Phi) is 7.11. The summed E-state index contributed by atoms with van der Waals surface area (Å²) in [6, 6.07) is 26.5. The lowest BCUT2D eigenvalue weighted by Gasteiger charge is -2.40. The van der Waals surface area contributed by atoms with Gasteiger partial charge in [0.1, 0.15) is 5.75 Å². The molecule has 1 fully saturated rings. The molecule has 2 heterocycles. The van der Waals surface area contributed by atoms with Gasteiger partial charge in [-0.15, -0.1) is 0 Å². The van der Waals surface area contributed by atoms with Crippen molar-refractivity contribution >= 4 is 27.5 Å². The third-order valence-electron chi connectivity index (χ3n) is 6.82. The van der Waals surface area contributed by atoms with Crippen LogP contribution < -0.4 is 4.74 Å². The van der Waals surface area contributed by atoms with Gasteiger partial charge in [-0.2, -0.15) is 0 Å². The van der Waals surface area contributed by atoms with E-state index >= 15 is 0 Å². The van der Waals surface area contributed by atoms with E-state index in [4.69, 9.17) is 9.47 Å². The quantitative estimate of drug-likeness (QED) is 0.277. The van der Waals surface area contributed by atoms with Gasteiger partial charge in [0.25, 0.3) is 5.19 Å². The molecule has 0 saturated carbocycles. The summed E-state index contributed by atoms with van der Waals surface area (Å²) >= 11 is 1.56. The van der Waals surface area contributed by atoms with Gasteiger partial charge in [-0.1, -0.05) is 65.9 Å². The van der Waals surface area contributed by atoms with Crippen molar-refractivity contribution in [2.75, 3.05) is 26.2 Å². The minimum Gasteiger partial charge on any atom is -0.465 e. The molecule has 1 saturated heterocycles. The molecule has 0 amide bonds. The summed E-state index contributed by atoms with van der Waals surface area (Å²) in [5.74, 6) is 0.711. The molecule has 1 aromatic heterocycles. The minimum atomic E-state index is -0.534. The lowest BCUT2D eigenvalue weighted by molar-refractivity contribution is -0.152. The second-order valence-corrected chi connectivity index (χ2v) is 9.95. The molecule has 5 rings (SSSR count). The maximum atomic E-state index is 13.0. The number of fused-ring (bicyclic) bond motifs is 1. The Balaban J connectivity index is 1.16. The van der Waals surface area contributed by atoms with Crippen LogP contribution in [0, 0.1) is 0 Å². The Morgan fingerprint density at radius 1 is 0.971 bits per heavy atom. The number of para-hydroxylation sites is 1. The van der Waals surface area contributed by atoms with E-state index in [9.17, 15) is 4.79 Å². The SMILES string of the molecule is CCOC(=O)C1(c2ccccc2)CCN(CCc2ccc(Oc3nc4ccccc4s3)cc2)CC1. The van der Waals surface area contributed by atoms with Crippen molar-refractivity contribution in [1.82, 2.24) is 9.88 Å². The fourth-order valence-corrected chi connectivity index (χ4v) is 5.64. The van der Waals surface area contributed by atoms with Crippen LogP contribution in [0.1, 0.15) is 30.9 Å². The zero-order valence-electron chi connectivity index (χ0n) is 20.0. The number of likely N-dealkylation sites (tertiary alicyclic amines) is 1. The summed E-state index contributed by atoms with van der Waals surface area (Å²) in [7, 11) is 0. The summed E-state index contributed by atoms with van der Waals surface area (Å²) in [5, 5.41) is 0.663. The van der Waals surface area contributed by atoms with Gasteiger partial charge in [0.2, 0.25) is 0 Å². The number of hydrogen-bond donors (Lipinski definition) is 0. The summed E-state index contributed by atoms with van der Waals surface area (Å²) in [4.78, 5) is 20.0. The summed E-state index contributed by atoms with van der Waals surface area (Å²) in [5.41, 5.74) is 2.77. The maximum absolute atomic E-state index is 13.0. The molecule has 5 nitrogen and oxygen atoms in total. The Morgan fingerprint density at radius 3 is 2.40 bits per heavy atom. The zero-order valence-corrected chi connectivity index (χ0v) is 20.8. The van der Waals surface area contributed by atoms with Crippen LogP contribution in [0.4, 0.5) is 0 Å². The van der Waals surface area contributed by atoms with Gasteiger partial charge in [0.05, 0.1) is 22.2 Å². The third kappa shape index (κ3) is 5.24. The summed E-state index contributed by atoms with van der Waals surface area (Å²) < 4.78 is 12.6. The number of thiazole rings is 1. The molecule has 3 aromatic carbocycles. The monoisotopic (exact) mass is 486 g/mol. The lowest BCUT2D eigenvalue weighted by atomic mass is 9.72. The molecule has 0 aliphatic carbocycles. The Labute approximate surface area is 210 Å². The first kappa shape index (κ1) is 23.5. The predicted octanol–water partition coefficient (Wildman–Crippen LogP) is 6.23. The lowest BCUT2D eigenvalue weighted by Crippen LogP contribution is -2.48. The van der Waals surface area contributed by atoms with E-state index in [1.165, 1.54) is 5.56 Å². The molecular weight excluding hydrogens is 456 g/mol. The number of benzene rings is 3. The highest BCUT2D eigenvalue weighted by Gasteiger charge is 2.44. The normalized spacial score (nSPS) is 15.7. The summed E-state index contributed by atoms with van der Waals surface area (Å²) in [6.07, 6.45) is 2.52. The number of carbonyl (C=O) groups excluding carboxylic acids is 1. The average Bonchev–Trinajstić information content (AvgIpc) is 3.31. The Hall–Kier alpha value is -3.22. The predicted molar refractivity (Wildman–Crippen MR) is 140 cm³/mol. The van der Waals surface area contributed by atoms with Crippen LogP contribution in [0.5, 0.6) is 10.9 Å². The van der Waals surface area contributed by atoms with Gasteiger partial charge in [-0.3, -0.25) is 4.79 Å². The number of piperidine rings is 1. The highest BCUT2D eigenvalue weighted by atomic mass is 32.1. The smallest absolute Gasteiger partial charge is 0.316 e. The number of esters is 1. The molecule has 0 spiro atoms. The zero-order chi connectivity index (χ0) is 24.1. The summed E-state index contributed by atoms with van der Waals surface area (Å²) in [6.45, 7) is 5.02. The molecule has 35 heavy (non-hydrogen) atoms. The molecule has 0 N–H and O–H groups in total. The number of hydrogen-bond acceptors (Lipinski definition) is 6. The average molecular weight is 487 g/mol. The van der Waals surface area contributed by atoms with Crippen LogP contribution in [-0.2, 0) is 21.4 Å². The van der Waals surface area contributed by atoms with E-state index in [0.29, 0.717) is 11.8 Å². The van der Waals surface area contributed by atoms with E-state index < -0.39 is 5.41 Å². The second-order valence-electron chi connectivity index (χ2n) is 8.95. The van der Waals surface area contributed by atoms with Gasteiger partial charge < -0.3 is 14.4 Å². The van der Waals surface area contributed by atoms with Crippen molar-refractivity contribution in [3.63, 3.8) is 0 Å². The first-order valence-corrected chi connectivity index (χ1v) is 13.1. The van der Waals surface area contributed by atoms with Crippen molar-refractivity contribution in [3.05, 3.63) is 90.0 Å². The molecular formula is C29H30N2O3S. The van der Waals surface area contributed by atoms with E-state index in [1.807, 2.05) is 55.5 Å². The van der Waals surface area contributed by atoms with Crippen molar-refractivity contribution < 1.29 is 14.3 Å². The highest BCUT2D eigenvalue weighted by molar-refractivity contribution is 7.20. The topological polar surface area (TPSA) is 51.7 Å². The fourth-order valence-electron chi connectivity index (χ4n) is 4.80. The number of aromatic nitrogens is 1. The van der Waals surface area contributed by atoms with Crippen LogP contribution in [-0.4, -0.2) is 42.1 Å². The van der Waals surface area contributed by atoms with E-state index in [-0.39, 0.29) is 5.97 Å². The van der Waals surface area contributed by atoms with Crippen LogP contribution in [0.25, 0.3) is 10.2 Å². The molecule has 0 bridgehead atoms. The molecule has 180 valence electrons.